The lowest BCUT2D eigenvalue weighted by Gasteiger charge is -2.40. The minimum absolute atomic E-state index is 0.204. The Morgan fingerprint density at radius 3 is 1.98 bits per heavy atom. The number of amides is 1. The summed E-state index contributed by atoms with van der Waals surface area (Å²) in [6.45, 7) is 3.62. The predicted octanol–water partition coefficient (Wildman–Crippen LogP) is 4.99. The molecule has 0 aromatic carbocycles. The van der Waals surface area contributed by atoms with E-state index in [1.54, 1.807) is 6.08 Å². The zero-order valence-corrected chi connectivity index (χ0v) is 27.4. The highest BCUT2D eigenvalue weighted by Crippen LogP contribution is 2.22. The summed E-state index contributed by atoms with van der Waals surface area (Å²) in [6, 6.07) is -0.820. The van der Waals surface area contributed by atoms with Gasteiger partial charge >= 0.3 is 0 Å². The summed E-state index contributed by atoms with van der Waals surface area (Å²) in [5.74, 6) is -0.204. The maximum absolute atomic E-state index is 12.8. The standard InChI is InChI=1S/C35H63NO8/c1-3-5-7-9-11-13-15-17-19-21-23-25-31(39)36-28(27-43-35-34(42)33(41)32(40)30(26-37)44-35)29(38)24-22-20-18-16-14-12-10-8-6-4-2/h9,11,14,16,22,24,28-30,32-35,37-38,40-42H,3-8,10,12-13,15,17-21,23,25-27H2,1-2H3,(H,36,39)/b11-9-,16-14+,24-22+. The summed E-state index contributed by atoms with van der Waals surface area (Å²) in [4.78, 5) is 12.8. The first-order valence-corrected chi connectivity index (χ1v) is 17.2. The van der Waals surface area contributed by atoms with Gasteiger partial charge in [0.05, 0.1) is 25.4 Å². The van der Waals surface area contributed by atoms with Crippen molar-refractivity contribution in [3.8, 4) is 0 Å². The fraction of sp³-hybridized carbons (Fsp3) is 0.800. The average Bonchev–Trinajstić information content (AvgIpc) is 3.02. The monoisotopic (exact) mass is 625 g/mol. The van der Waals surface area contributed by atoms with E-state index in [2.05, 4.69) is 43.5 Å². The SMILES string of the molecule is CCCC/C=C\CCCCCCCC(=O)NC(COC1OC(CO)C(O)C(O)C1O)C(O)/C=C/CC/C=C/CCCCCC. The lowest BCUT2D eigenvalue weighted by Crippen LogP contribution is -2.60. The number of ether oxygens (including phenoxy) is 2. The number of hydrogen-bond acceptors (Lipinski definition) is 8. The van der Waals surface area contributed by atoms with E-state index >= 15 is 0 Å². The molecule has 1 heterocycles. The van der Waals surface area contributed by atoms with Crippen molar-refractivity contribution in [2.45, 2.75) is 166 Å². The van der Waals surface area contributed by atoms with E-state index in [9.17, 15) is 30.3 Å². The molecule has 9 heteroatoms. The number of aliphatic hydroxyl groups excluding tert-OH is 5. The molecule has 1 aliphatic rings. The second kappa shape index (κ2) is 26.6. The molecular weight excluding hydrogens is 562 g/mol. The number of nitrogens with one attached hydrogen (secondary N) is 1. The molecule has 7 unspecified atom stereocenters. The van der Waals surface area contributed by atoms with Crippen molar-refractivity contribution in [1.29, 1.82) is 0 Å². The highest BCUT2D eigenvalue weighted by Gasteiger charge is 2.44. The summed E-state index contributed by atoms with van der Waals surface area (Å²) in [6.07, 6.45) is 22.0. The van der Waals surface area contributed by atoms with E-state index in [4.69, 9.17) is 9.47 Å². The van der Waals surface area contributed by atoms with Crippen molar-refractivity contribution in [2.75, 3.05) is 13.2 Å². The highest BCUT2D eigenvalue weighted by atomic mass is 16.7. The van der Waals surface area contributed by atoms with Crippen molar-refractivity contribution >= 4 is 5.91 Å². The third kappa shape index (κ3) is 18.4. The quantitative estimate of drug-likeness (QED) is 0.0582. The van der Waals surface area contributed by atoms with E-state index in [0.29, 0.717) is 6.42 Å². The van der Waals surface area contributed by atoms with Crippen LogP contribution >= 0.6 is 0 Å². The fourth-order valence-electron chi connectivity index (χ4n) is 5.03. The second-order valence-corrected chi connectivity index (χ2v) is 11.9. The Bertz CT molecular complexity index is 787. The fourth-order valence-corrected chi connectivity index (χ4v) is 5.03. The lowest BCUT2D eigenvalue weighted by molar-refractivity contribution is -0.302. The molecule has 0 aliphatic carbocycles. The van der Waals surface area contributed by atoms with Gasteiger partial charge in [0.15, 0.2) is 6.29 Å². The number of unbranched alkanes of at least 4 members (excludes halogenated alkanes) is 12. The molecule has 256 valence electrons. The molecular formula is C35H63NO8. The van der Waals surface area contributed by atoms with Gasteiger partial charge in [-0.15, -0.1) is 0 Å². The van der Waals surface area contributed by atoms with Crippen LogP contribution in [0.3, 0.4) is 0 Å². The van der Waals surface area contributed by atoms with Crippen molar-refractivity contribution in [3.63, 3.8) is 0 Å². The summed E-state index contributed by atoms with van der Waals surface area (Å²) >= 11 is 0. The molecule has 1 aliphatic heterocycles. The molecule has 1 rings (SSSR count). The Hall–Kier alpha value is -1.59. The number of aliphatic hydroxyl groups is 5. The third-order valence-electron chi connectivity index (χ3n) is 7.94. The number of carbonyl (C=O) groups excluding carboxylic acids is 1. The molecule has 0 radical (unpaired) electrons. The molecule has 0 bridgehead atoms. The molecule has 0 aromatic heterocycles. The molecule has 7 atom stereocenters. The van der Waals surface area contributed by atoms with Crippen LogP contribution in [0.4, 0.5) is 0 Å². The first kappa shape index (κ1) is 40.4. The van der Waals surface area contributed by atoms with Crippen molar-refractivity contribution in [1.82, 2.24) is 5.32 Å². The minimum Gasteiger partial charge on any atom is -0.394 e. The van der Waals surface area contributed by atoms with E-state index in [1.807, 2.05) is 6.08 Å². The average molecular weight is 626 g/mol. The number of hydrogen-bond donors (Lipinski definition) is 6. The molecule has 1 saturated heterocycles. The van der Waals surface area contributed by atoms with Gasteiger partial charge in [-0.3, -0.25) is 4.79 Å². The molecule has 44 heavy (non-hydrogen) atoms. The maximum atomic E-state index is 12.8. The summed E-state index contributed by atoms with van der Waals surface area (Å²) in [5, 5.41) is 53.6. The van der Waals surface area contributed by atoms with Crippen LogP contribution < -0.4 is 5.32 Å². The first-order valence-electron chi connectivity index (χ1n) is 17.2. The van der Waals surface area contributed by atoms with Crippen LogP contribution in [0.1, 0.15) is 123 Å². The van der Waals surface area contributed by atoms with Gasteiger partial charge in [-0.25, -0.2) is 0 Å². The van der Waals surface area contributed by atoms with Crippen molar-refractivity contribution in [2.24, 2.45) is 0 Å². The Kier molecular flexibility index (Phi) is 24.5. The molecule has 0 saturated carbocycles. The van der Waals surface area contributed by atoms with E-state index in [1.165, 1.54) is 38.5 Å². The van der Waals surface area contributed by atoms with Gasteiger partial charge < -0.3 is 40.3 Å². The van der Waals surface area contributed by atoms with Crippen LogP contribution in [-0.2, 0) is 14.3 Å². The highest BCUT2D eigenvalue weighted by molar-refractivity contribution is 5.76. The number of allylic oxidation sites excluding steroid dienone is 5. The van der Waals surface area contributed by atoms with Gasteiger partial charge in [-0.2, -0.15) is 0 Å². The zero-order valence-electron chi connectivity index (χ0n) is 27.4. The zero-order chi connectivity index (χ0) is 32.4. The first-order chi connectivity index (χ1) is 21.3. The van der Waals surface area contributed by atoms with Gasteiger partial charge in [-0.1, -0.05) is 102 Å². The Morgan fingerprint density at radius 2 is 1.32 bits per heavy atom. The molecule has 9 nitrogen and oxygen atoms in total. The lowest BCUT2D eigenvalue weighted by atomic mass is 9.99. The molecule has 1 amide bonds. The smallest absolute Gasteiger partial charge is 0.220 e. The second-order valence-electron chi connectivity index (χ2n) is 11.9. The summed E-state index contributed by atoms with van der Waals surface area (Å²) in [5.41, 5.74) is 0. The van der Waals surface area contributed by atoms with E-state index < -0.39 is 49.5 Å². The maximum Gasteiger partial charge on any atom is 0.220 e. The van der Waals surface area contributed by atoms with Crippen LogP contribution in [0.25, 0.3) is 0 Å². The van der Waals surface area contributed by atoms with E-state index in [0.717, 1.165) is 64.2 Å². The Labute approximate surface area is 266 Å². The topological polar surface area (TPSA) is 149 Å². The molecule has 1 fully saturated rings. The van der Waals surface area contributed by atoms with Crippen LogP contribution in [-0.4, -0.2) is 87.5 Å². The largest absolute Gasteiger partial charge is 0.394 e. The van der Waals surface area contributed by atoms with Gasteiger partial charge in [0, 0.05) is 6.42 Å². The van der Waals surface area contributed by atoms with Crippen LogP contribution in [0.15, 0.2) is 36.5 Å². The van der Waals surface area contributed by atoms with Crippen molar-refractivity contribution < 1.29 is 39.8 Å². The van der Waals surface area contributed by atoms with Gasteiger partial charge in [0.25, 0.3) is 0 Å². The molecule has 0 aromatic rings. The number of carbonyl (C=O) groups is 1. The van der Waals surface area contributed by atoms with Gasteiger partial charge in [0.1, 0.15) is 24.4 Å². The van der Waals surface area contributed by atoms with Gasteiger partial charge in [-0.05, 0) is 51.4 Å². The van der Waals surface area contributed by atoms with E-state index in [-0.39, 0.29) is 12.5 Å². The van der Waals surface area contributed by atoms with Crippen LogP contribution in [0.5, 0.6) is 0 Å². The third-order valence-corrected chi connectivity index (χ3v) is 7.94. The predicted molar refractivity (Wildman–Crippen MR) is 175 cm³/mol. The summed E-state index contributed by atoms with van der Waals surface area (Å²) < 4.78 is 11.1. The molecule has 0 spiro atoms. The van der Waals surface area contributed by atoms with Crippen LogP contribution in [0, 0.1) is 0 Å². The minimum atomic E-state index is -1.57. The number of rotatable bonds is 26. The van der Waals surface area contributed by atoms with Crippen molar-refractivity contribution in [3.05, 3.63) is 36.5 Å². The Morgan fingerprint density at radius 1 is 0.750 bits per heavy atom. The normalized spacial score (nSPS) is 24.0. The van der Waals surface area contributed by atoms with Crippen LogP contribution in [0.2, 0.25) is 0 Å². The van der Waals surface area contributed by atoms with Gasteiger partial charge in [0.2, 0.25) is 5.91 Å². The molecule has 6 N–H and O–H groups in total. The Balaban J connectivity index is 2.56. The summed E-state index contributed by atoms with van der Waals surface area (Å²) in [7, 11) is 0.